The molecule has 0 bridgehead atoms. The van der Waals surface area contributed by atoms with E-state index in [0.717, 1.165) is 44.4 Å². The van der Waals surface area contributed by atoms with Crippen LogP contribution >= 0.6 is 0 Å². The second-order valence-electron chi connectivity index (χ2n) is 11.3. The van der Waals surface area contributed by atoms with Crippen LogP contribution in [-0.2, 0) is 17.8 Å². The summed E-state index contributed by atoms with van der Waals surface area (Å²) < 4.78 is 65.1. The van der Waals surface area contributed by atoms with Crippen LogP contribution in [0.3, 0.4) is 0 Å². The Balaban J connectivity index is 1.29. The molecule has 4 rings (SSSR count). The molecule has 5 heteroatoms. The molecule has 0 N–H and O–H groups in total. The van der Waals surface area contributed by atoms with Crippen molar-refractivity contribution in [2.24, 2.45) is 5.92 Å². The largest absolute Gasteiger partial charge is 0.373 e. The highest BCUT2D eigenvalue weighted by Crippen LogP contribution is 2.40. The molecular formula is C32H42F4O. The van der Waals surface area contributed by atoms with Crippen LogP contribution in [0.25, 0.3) is 0 Å². The first-order chi connectivity index (χ1) is 17.9. The first kappa shape index (κ1) is 28.1. The highest BCUT2D eigenvalue weighted by molar-refractivity contribution is 5.30. The molecule has 0 aromatic heterocycles. The molecule has 0 radical (unpaired) electrons. The van der Waals surface area contributed by atoms with Crippen LogP contribution in [0, 0.1) is 29.2 Å². The number of hydrogen-bond donors (Lipinski definition) is 0. The van der Waals surface area contributed by atoms with Gasteiger partial charge < -0.3 is 4.74 Å². The fraction of sp³-hybridized carbons (Fsp3) is 0.625. The smallest absolute Gasteiger partial charge is 0.164 e. The summed E-state index contributed by atoms with van der Waals surface area (Å²) in [6.07, 6.45) is 11.4. The van der Waals surface area contributed by atoms with Crippen molar-refractivity contribution in [2.45, 2.75) is 122 Å². The number of halogens is 4. The summed E-state index contributed by atoms with van der Waals surface area (Å²) in [5.41, 5.74) is 1.65. The van der Waals surface area contributed by atoms with E-state index in [4.69, 9.17) is 4.74 Å². The number of ether oxygens (including phenoxy) is 1. The van der Waals surface area contributed by atoms with Crippen molar-refractivity contribution in [1.29, 1.82) is 0 Å². The average molecular weight is 519 g/mol. The van der Waals surface area contributed by atoms with Crippen molar-refractivity contribution in [1.82, 2.24) is 0 Å². The van der Waals surface area contributed by atoms with E-state index in [2.05, 4.69) is 6.92 Å². The summed E-state index contributed by atoms with van der Waals surface area (Å²) in [6.45, 7) is 4.25. The van der Waals surface area contributed by atoms with Crippen molar-refractivity contribution in [2.75, 3.05) is 0 Å². The third kappa shape index (κ3) is 6.77. The molecule has 37 heavy (non-hydrogen) atoms. The molecule has 1 nitrogen and oxygen atoms in total. The van der Waals surface area contributed by atoms with Gasteiger partial charge in [-0.1, -0.05) is 57.4 Å². The van der Waals surface area contributed by atoms with E-state index in [1.165, 1.54) is 12.8 Å². The monoisotopic (exact) mass is 518 g/mol. The molecule has 2 saturated carbocycles. The Morgan fingerprint density at radius 3 is 1.76 bits per heavy atom. The van der Waals surface area contributed by atoms with Gasteiger partial charge in [-0.2, -0.15) is 0 Å². The molecule has 0 saturated heterocycles. The summed E-state index contributed by atoms with van der Waals surface area (Å²) in [6, 6.07) is 6.89. The number of rotatable bonds is 10. The minimum atomic E-state index is -0.789. The molecule has 0 unspecified atom stereocenters. The van der Waals surface area contributed by atoms with E-state index >= 15 is 0 Å². The lowest BCUT2D eigenvalue weighted by atomic mass is 9.77. The molecular weight excluding hydrogens is 476 g/mol. The lowest BCUT2D eigenvalue weighted by molar-refractivity contribution is 0.0116. The second kappa shape index (κ2) is 13.3. The zero-order chi connectivity index (χ0) is 26.4. The van der Waals surface area contributed by atoms with Crippen molar-refractivity contribution in [3.63, 3.8) is 0 Å². The van der Waals surface area contributed by atoms with Crippen LogP contribution in [0.4, 0.5) is 17.6 Å². The van der Waals surface area contributed by atoms with E-state index in [1.54, 1.807) is 24.3 Å². The summed E-state index contributed by atoms with van der Waals surface area (Å²) in [5.74, 6) is -2.16. The first-order valence-corrected chi connectivity index (χ1v) is 14.5. The fourth-order valence-electron chi connectivity index (χ4n) is 6.43. The second-order valence-corrected chi connectivity index (χ2v) is 11.3. The van der Waals surface area contributed by atoms with E-state index in [-0.39, 0.29) is 30.1 Å². The van der Waals surface area contributed by atoms with Gasteiger partial charge in [-0.15, -0.1) is 0 Å². The highest BCUT2D eigenvalue weighted by atomic mass is 19.2. The zero-order valence-electron chi connectivity index (χ0n) is 22.4. The maximum absolute atomic E-state index is 15.0. The van der Waals surface area contributed by atoms with Gasteiger partial charge in [0.25, 0.3) is 0 Å². The van der Waals surface area contributed by atoms with Gasteiger partial charge in [0.15, 0.2) is 23.3 Å². The van der Waals surface area contributed by atoms with Gasteiger partial charge in [0.2, 0.25) is 0 Å². The normalized spacial score (nSPS) is 24.4. The Hall–Kier alpha value is -1.88. The van der Waals surface area contributed by atoms with Gasteiger partial charge in [0.05, 0.1) is 12.7 Å². The summed E-state index contributed by atoms with van der Waals surface area (Å²) >= 11 is 0. The summed E-state index contributed by atoms with van der Waals surface area (Å²) in [5, 5.41) is 0. The predicted molar refractivity (Wildman–Crippen MR) is 141 cm³/mol. The Morgan fingerprint density at radius 1 is 0.649 bits per heavy atom. The average Bonchev–Trinajstić information content (AvgIpc) is 2.92. The van der Waals surface area contributed by atoms with Gasteiger partial charge >= 0.3 is 0 Å². The van der Waals surface area contributed by atoms with Crippen LogP contribution in [0.15, 0.2) is 24.3 Å². The molecule has 2 aromatic carbocycles. The van der Waals surface area contributed by atoms with E-state index in [1.807, 2.05) is 6.92 Å². The van der Waals surface area contributed by atoms with Gasteiger partial charge in [-0.05, 0) is 98.7 Å². The van der Waals surface area contributed by atoms with Crippen molar-refractivity contribution in [3.05, 3.63) is 69.8 Å². The van der Waals surface area contributed by atoms with Gasteiger partial charge in [0.1, 0.15) is 0 Å². The van der Waals surface area contributed by atoms with Gasteiger partial charge in [-0.3, -0.25) is 0 Å². The SMILES string of the molecule is CCCCc1ccc(C2CCC(OCc3ccc(C4CCC(CCC)CC4)c(F)c3F)CC2)c(F)c1F. The molecule has 0 heterocycles. The highest BCUT2D eigenvalue weighted by Gasteiger charge is 2.28. The van der Waals surface area contributed by atoms with Crippen LogP contribution in [0.2, 0.25) is 0 Å². The lowest BCUT2D eigenvalue weighted by Gasteiger charge is -2.30. The number of aryl methyl sites for hydroxylation is 1. The number of hydrogen-bond acceptors (Lipinski definition) is 1. The molecule has 2 aromatic rings. The lowest BCUT2D eigenvalue weighted by Crippen LogP contribution is -2.22. The molecule has 204 valence electrons. The van der Waals surface area contributed by atoms with Crippen LogP contribution in [0.5, 0.6) is 0 Å². The minimum absolute atomic E-state index is 0.0245. The first-order valence-electron chi connectivity index (χ1n) is 14.5. The summed E-state index contributed by atoms with van der Waals surface area (Å²) in [7, 11) is 0. The molecule has 0 aliphatic heterocycles. The molecule has 0 amide bonds. The third-order valence-corrected chi connectivity index (χ3v) is 8.76. The minimum Gasteiger partial charge on any atom is -0.373 e. The van der Waals surface area contributed by atoms with Crippen molar-refractivity contribution in [3.8, 4) is 0 Å². The van der Waals surface area contributed by atoms with Crippen LogP contribution in [0.1, 0.15) is 125 Å². The van der Waals surface area contributed by atoms with Gasteiger partial charge in [0, 0.05) is 5.56 Å². The molecule has 0 atom stereocenters. The predicted octanol–water partition coefficient (Wildman–Crippen LogP) is 9.90. The molecule has 2 fully saturated rings. The third-order valence-electron chi connectivity index (χ3n) is 8.76. The Labute approximate surface area is 220 Å². The maximum atomic E-state index is 15.0. The van der Waals surface area contributed by atoms with Crippen molar-refractivity contribution < 1.29 is 22.3 Å². The van der Waals surface area contributed by atoms with Crippen LogP contribution < -0.4 is 0 Å². The van der Waals surface area contributed by atoms with E-state index in [9.17, 15) is 17.6 Å². The topological polar surface area (TPSA) is 9.23 Å². The van der Waals surface area contributed by atoms with Gasteiger partial charge in [-0.25, -0.2) is 17.6 Å². The Morgan fingerprint density at radius 2 is 1.19 bits per heavy atom. The quantitative estimate of drug-likeness (QED) is 0.284. The number of benzene rings is 2. The van der Waals surface area contributed by atoms with E-state index < -0.39 is 23.3 Å². The van der Waals surface area contributed by atoms with Crippen molar-refractivity contribution >= 4 is 0 Å². The standard InChI is InChI=1S/C32H42F4O/c1-3-5-7-24-14-18-27(31(35)29(24)33)23-12-16-26(17-13-23)37-20-25-15-19-28(32(36)30(25)34)22-10-8-21(6-4-2)9-11-22/h14-15,18-19,21-23,26H,3-13,16-17,20H2,1-2H3. The number of unbranched alkanes of at least 4 members (excludes halogenated alkanes) is 1. The maximum Gasteiger partial charge on any atom is 0.164 e. The fourth-order valence-corrected chi connectivity index (χ4v) is 6.43. The van der Waals surface area contributed by atoms with Crippen LogP contribution in [-0.4, -0.2) is 6.10 Å². The Bertz CT molecular complexity index is 1020. The molecule has 2 aliphatic rings. The van der Waals surface area contributed by atoms with E-state index in [0.29, 0.717) is 48.8 Å². The molecule has 0 spiro atoms. The Kier molecular flexibility index (Phi) is 10.1. The summed E-state index contributed by atoms with van der Waals surface area (Å²) in [4.78, 5) is 0. The zero-order valence-corrected chi connectivity index (χ0v) is 22.4. The molecule has 2 aliphatic carbocycles.